The van der Waals surface area contributed by atoms with E-state index in [4.69, 9.17) is 9.15 Å². The topological polar surface area (TPSA) is 61.0 Å². The van der Waals surface area contributed by atoms with Crippen molar-refractivity contribution in [2.24, 2.45) is 11.8 Å². The second-order valence-electron chi connectivity index (χ2n) is 9.39. The highest BCUT2D eigenvalue weighted by Crippen LogP contribution is 2.60. The number of fused-ring (bicyclic) bond motifs is 2. The lowest BCUT2D eigenvalue weighted by Crippen LogP contribution is -2.34. The van der Waals surface area contributed by atoms with E-state index in [-0.39, 0.29) is 5.41 Å². The van der Waals surface area contributed by atoms with Gasteiger partial charge in [0.25, 0.3) is 0 Å². The maximum absolute atomic E-state index is 5.99. The molecule has 1 unspecified atom stereocenters. The summed E-state index contributed by atoms with van der Waals surface area (Å²) in [7, 11) is 0. The molecule has 2 aromatic heterocycles. The summed E-state index contributed by atoms with van der Waals surface area (Å²) in [5, 5.41) is 8.14. The van der Waals surface area contributed by atoms with Crippen LogP contribution in [0.15, 0.2) is 77.3 Å². The summed E-state index contributed by atoms with van der Waals surface area (Å²) in [5.41, 5.74) is 4.74. The normalized spacial score (nSPS) is 23.7. The second kappa shape index (κ2) is 8.14. The van der Waals surface area contributed by atoms with E-state index in [1.54, 1.807) is 6.20 Å². The average Bonchev–Trinajstić information content (AvgIpc) is 3.61. The lowest BCUT2D eigenvalue weighted by atomic mass is 9.64. The molecule has 6 rings (SSSR count). The molecule has 2 saturated carbocycles. The van der Waals surface area contributed by atoms with E-state index in [2.05, 4.69) is 63.7 Å². The highest BCUT2D eigenvalue weighted by Gasteiger charge is 2.52. The van der Waals surface area contributed by atoms with Crippen molar-refractivity contribution in [2.75, 3.05) is 0 Å². The molecule has 5 heteroatoms. The first-order valence-corrected chi connectivity index (χ1v) is 11.7. The Morgan fingerprint density at radius 2 is 1.73 bits per heavy atom. The highest BCUT2D eigenvalue weighted by molar-refractivity contribution is 5.55. The van der Waals surface area contributed by atoms with Gasteiger partial charge in [-0.15, -0.1) is 10.2 Å². The first kappa shape index (κ1) is 20.2. The van der Waals surface area contributed by atoms with Gasteiger partial charge < -0.3 is 9.15 Å². The Morgan fingerprint density at radius 3 is 2.33 bits per heavy atom. The van der Waals surface area contributed by atoms with Gasteiger partial charge in [-0.3, -0.25) is 4.98 Å². The van der Waals surface area contributed by atoms with E-state index >= 15 is 0 Å². The quantitative estimate of drug-likeness (QED) is 0.363. The van der Waals surface area contributed by atoms with Crippen LogP contribution >= 0.6 is 0 Å². The van der Waals surface area contributed by atoms with Crippen LogP contribution in [0.5, 0.6) is 5.75 Å². The van der Waals surface area contributed by atoms with Crippen molar-refractivity contribution in [3.63, 3.8) is 0 Å². The molecule has 0 aliphatic heterocycles. The average molecular weight is 438 g/mol. The van der Waals surface area contributed by atoms with Gasteiger partial charge in [0, 0.05) is 24.1 Å². The molecule has 2 aliphatic carbocycles. The van der Waals surface area contributed by atoms with E-state index in [9.17, 15) is 0 Å². The van der Waals surface area contributed by atoms with Gasteiger partial charge in [-0.1, -0.05) is 36.8 Å². The number of benzene rings is 2. The molecular weight excluding hydrogens is 410 g/mol. The molecule has 0 N–H and O–H groups in total. The van der Waals surface area contributed by atoms with Crippen LogP contribution in [-0.4, -0.2) is 15.2 Å². The third-order valence-electron chi connectivity index (χ3n) is 7.50. The van der Waals surface area contributed by atoms with E-state index in [0.29, 0.717) is 24.3 Å². The van der Waals surface area contributed by atoms with Crippen molar-refractivity contribution in [2.45, 2.75) is 44.6 Å². The molecule has 2 aliphatic rings. The number of hydrogen-bond acceptors (Lipinski definition) is 5. The number of rotatable bonds is 6. The lowest BCUT2D eigenvalue weighted by molar-refractivity contribution is 0.299. The zero-order valence-corrected chi connectivity index (χ0v) is 18.8. The van der Waals surface area contributed by atoms with E-state index in [1.807, 2.05) is 25.1 Å². The van der Waals surface area contributed by atoms with Gasteiger partial charge in [-0.2, -0.15) is 0 Å². The number of ether oxygens (including phenoxy) is 1. The van der Waals surface area contributed by atoms with Crippen LogP contribution in [0, 0.1) is 18.8 Å². The molecule has 0 amide bonds. The lowest BCUT2D eigenvalue weighted by Gasteiger charge is -2.39. The van der Waals surface area contributed by atoms with Crippen LogP contribution in [0.25, 0.3) is 11.5 Å². The van der Waals surface area contributed by atoms with Crippen molar-refractivity contribution in [1.82, 2.24) is 15.2 Å². The van der Waals surface area contributed by atoms with E-state index in [0.717, 1.165) is 22.9 Å². The van der Waals surface area contributed by atoms with Gasteiger partial charge in [0.2, 0.25) is 11.8 Å². The largest absolute Gasteiger partial charge is 0.487 e. The second-order valence-corrected chi connectivity index (χ2v) is 9.39. The molecule has 2 aromatic carbocycles. The molecule has 2 heterocycles. The van der Waals surface area contributed by atoms with Gasteiger partial charge in [0.1, 0.15) is 12.4 Å². The van der Waals surface area contributed by atoms with Gasteiger partial charge in [0.05, 0.1) is 5.69 Å². The van der Waals surface area contributed by atoms with E-state index in [1.165, 1.54) is 36.8 Å². The van der Waals surface area contributed by atoms with Crippen LogP contribution in [0.1, 0.15) is 48.4 Å². The van der Waals surface area contributed by atoms with Crippen LogP contribution < -0.4 is 4.74 Å². The van der Waals surface area contributed by atoms with Crippen LogP contribution in [0.3, 0.4) is 0 Å². The summed E-state index contributed by atoms with van der Waals surface area (Å²) in [4.78, 5) is 4.34. The fraction of sp³-hybridized carbons (Fsp3) is 0.321. The molecule has 166 valence electrons. The SMILES string of the molecule is Cc1nnc(-c2ccc([C@]3(c4ccc(OCc5ccccn5)cc4)CC4CC[C@@H]3C4)cc2)o1. The molecule has 0 saturated heterocycles. The molecule has 0 spiro atoms. The van der Waals surface area contributed by atoms with Gasteiger partial charge >= 0.3 is 0 Å². The van der Waals surface area contributed by atoms with Gasteiger partial charge in [0.15, 0.2) is 0 Å². The zero-order valence-electron chi connectivity index (χ0n) is 18.8. The van der Waals surface area contributed by atoms with Gasteiger partial charge in [-0.25, -0.2) is 0 Å². The fourth-order valence-electron chi connectivity index (χ4n) is 6.02. The summed E-state index contributed by atoms with van der Waals surface area (Å²) in [6.07, 6.45) is 6.99. The predicted molar refractivity (Wildman–Crippen MR) is 126 cm³/mol. The Balaban J connectivity index is 1.29. The predicted octanol–water partition coefficient (Wildman–Crippen LogP) is 6.13. The summed E-state index contributed by atoms with van der Waals surface area (Å²) >= 11 is 0. The zero-order chi connectivity index (χ0) is 22.3. The summed E-state index contributed by atoms with van der Waals surface area (Å²) in [5.74, 6) is 3.54. The number of aryl methyl sites for hydroxylation is 1. The van der Waals surface area contributed by atoms with Crippen molar-refractivity contribution < 1.29 is 9.15 Å². The van der Waals surface area contributed by atoms with Gasteiger partial charge in [-0.05, 0) is 78.6 Å². The van der Waals surface area contributed by atoms with Crippen molar-refractivity contribution in [3.05, 3.63) is 95.6 Å². The minimum atomic E-state index is 0.0612. The van der Waals surface area contributed by atoms with Crippen LogP contribution in [-0.2, 0) is 12.0 Å². The van der Waals surface area contributed by atoms with E-state index < -0.39 is 0 Å². The first-order chi connectivity index (χ1) is 16.2. The number of pyridine rings is 1. The molecule has 3 atom stereocenters. The fourth-order valence-corrected chi connectivity index (χ4v) is 6.02. The Hall–Kier alpha value is -3.47. The summed E-state index contributed by atoms with van der Waals surface area (Å²) < 4.78 is 11.6. The molecular formula is C28H27N3O2. The Bertz CT molecular complexity index is 1230. The third kappa shape index (κ3) is 3.62. The molecule has 2 fully saturated rings. The number of hydrogen-bond donors (Lipinski definition) is 0. The monoisotopic (exact) mass is 437 g/mol. The number of nitrogens with zero attached hydrogens (tertiary/aromatic N) is 3. The molecule has 0 radical (unpaired) electrons. The first-order valence-electron chi connectivity index (χ1n) is 11.7. The highest BCUT2D eigenvalue weighted by atomic mass is 16.5. The van der Waals surface area contributed by atoms with Crippen molar-refractivity contribution >= 4 is 0 Å². The number of aromatic nitrogens is 3. The maximum Gasteiger partial charge on any atom is 0.247 e. The minimum Gasteiger partial charge on any atom is -0.487 e. The van der Waals surface area contributed by atoms with Crippen molar-refractivity contribution in [3.8, 4) is 17.2 Å². The maximum atomic E-state index is 5.99. The van der Waals surface area contributed by atoms with Crippen molar-refractivity contribution in [1.29, 1.82) is 0 Å². The molecule has 5 nitrogen and oxygen atoms in total. The van der Waals surface area contributed by atoms with Crippen LogP contribution in [0.2, 0.25) is 0 Å². The Labute approximate surface area is 193 Å². The summed E-state index contributed by atoms with van der Waals surface area (Å²) in [6, 6.07) is 23.4. The minimum absolute atomic E-state index is 0.0612. The smallest absolute Gasteiger partial charge is 0.247 e. The Kier molecular flexibility index (Phi) is 4.97. The van der Waals surface area contributed by atoms with Crippen LogP contribution in [0.4, 0.5) is 0 Å². The molecule has 2 bridgehead atoms. The standard InChI is InChI=1S/C28H27N3O2/c1-19-30-31-27(33-19)21-6-9-22(10-7-21)28(17-20-5-8-24(28)16-20)23-11-13-26(14-12-23)32-18-25-4-2-3-15-29-25/h2-4,6-7,9-15,20,24H,5,8,16-18H2,1H3/t20?,24-,28+/m1/s1. The third-order valence-corrected chi connectivity index (χ3v) is 7.50. The Morgan fingerprint density at radius 1 is 0.939 bits per heavy atom. The summed E-state index contributed by atoms with van der Waals surface area (Å²) in [6.45, 7) is 2.30. The molecule has 33 heavy (non-hydrogen) atoms. The molecule has 4 aromatic rings.